The highest BCUT2D eigenvalue weighted by Gasteiger charge is 2.21. The summed E-state index contributed by atoms with van der Waals surface area (Å²) < 4.78 is 0. The highest BCUT2D eigenvalue weighted by Crippen LogP contribution is 2.34. The summed E-state index contributed by atoms with van der Waals surface area (Å²) in [4.78, 5) is 0. The zero-order valence-electron chi connectivity index (χ0n) is 10.1. The van der Waals surface area contributed by atoms with E-state index >= 15 is 0 Å². The Balaban J connectivity index is 2.20. The summed E-state index contributed by atoms with van der Waals surface area (Å²) in [7, 11) is 2.02. The maximum Gasteiger partial charge on any atom is 0.0452 e. The van der Waals surface area contributed by atoms with Gasteiger partial charge in [0.2, 0.25) is 0 Å². The Labute approximate surface area is 103 Å². The first-order valence-electron chi connectivity index (χ1n) is 6.25. The summed E-state index contributed by atoms with van der Waals surface area (Å²) in [6.45, 7) is 0. The second-order valence-corrected chi connectivity index (χ2v) is 4.63. The van der Waals surface area contributed by atoms with Gasteiger partial charge in [-0.25, -0.2) is 0 Å². The first kappa shape index (κ1) is 10.4. The van der Waals surface area contributed by atoms with Crippen LogP contribution in [0, 0.1) is 5.92 Å². The predicted octanol–water partition coefficient (Wildman–Crippen LogP) is 3.31. The van der Waals surface area contributed by atoms with Gasteiger partial charge in [0.15, 0.2) is 0 Å². The van der Waals surface area contributed by atoms with Crippen molar-refractivity contribution < 1.29 is 0 Å². The highest BCUT2D eigenvalue weighted by atomic mass is 14.8. The van der Waals surface area contributed by atoms with Crippen molar-refractivity contribution in [2.45, 2.75) is 12.8 Å². The summed E-state index contributed by atoms with van der Waals surface area (Å²) in [5, 5.41) is 3.39. The molecule has 0 radical (unpaired) electrons. The van der Waals surface area contributed by atoms with Gasteiger partial charge in [-0.2, -0.15) is 0 Å². The number of rotatable bonds is 1. The van der Waals surface area contributed by atoms with Crippen molar-refractivity contribution in [1.29, 1.82) is 0 Å². The maximum atomic E-state index is 3.39. The molecule has 17 heavy (non-hydrogen) atoms. The number of benzene rings is 1. The first-order chi connectivity index (χ1) is 8.40. The molecule has 1 aromatic rings. The molecule has 0 bridgehead atoms. The van der Waals surface area contributed by atoms with Crippen molar-refractivity contribution in [1.82, 2.24) is 5.32 Å². The number of fused-ring (bicyclic) bond motifs is 2. The van der Waals surface area contributed by atoms with Crippen molar-refractivity contribution in [2.24, 2.45) is 5.92 Å². The van der Waals surface area contributed by atoms with Crippen LogP contribution >= 0.6 is 0 Å². The lowest BCUT2D eigenvalue weighted by molar-refractivity contribution is 0.689. The second kappa shape index (κ2) is 4.25. The van der Waals surface area contributed by atoms with E-state index in [0.29, 0.717) is 5.92 Å². The molecule has 0 saturated carbocycles. The van der Waals surface area contributed by atoms with E-state index < -0.39 is 0 Å². The Morgan fingerprint density at radius 3 is 2.94 bits per heavy atom. The topological polar surface area (TPSA) is 12.0 Å². The third-order valence-corrected chi connectivity index (χ3v) is 3.68. The molecule has 0 heterocycles. The lowest BCUT2D eigenvalue weighted by Crippen LogP contribution is -2.11. The van der Waals surface area contributed by atoms with Crippen LogP contribution in [0.15, 0.2) is 54.1 Å². The van der Waals surface area contributed by atoms with Crippen LogP contribution < -0.4 is 5.32 Å². The fourth-order valence-corrected chi connectivity index (χ4v) is 2.83. The monoisotopic (exact) mass is 223 g/mol. The van der Waals surface area contributed by atoms with Gasteiger partial charge in [-0.05, 0) is 24.0 Å². The van der Waals surface area contributed by atoms with Gasteiger partial charge >= 0.3 is 0 Å². The Kier molecular flexibility index (Phi) is 2.60. The SMILES string of the molecule is CNC1=C2C=CC=CC2CCc2ccccc21. The molecule has 1 aromatic carbocycles. The minimum absolute atomic E-state index is 0.565. The molecule has 0 amide bonds. The van der Waals surface area contributed by atoms with Gasteiger partial charge in [0.25, 0.3) is 0 Å². The van der Waals surface area contributed by atoms with E-state index in [1.54, 1.807) is 0 Å². The van der Waals surface area contributed by atoms with Crippen LogP contribution in [-0.2, 0) is 6.42 Å². The number of hydrogen-bond donors (Lipinski definition) is 1. The molecule has 0 aliphatic heterocycles. The Morgan fingerprint density at radius 1 is 1.18 bits per heavy atom. The normalized spacial score (nSPS) is 21.8. The van der Waals surface area contributed by atoms with Crippen LogP contribution in [0.3, 0.4) is 0 Å². The maximum absolute atomic E-state index is 3.39. The standard InChI is InChI=1S/C16H17N/c1-17-16-14-8-4-2-6-12(14)10-11-13-7-3-5-9-15(13)16/h2-9,12,17H,10-11H2,1H3. The fourth-order valence-electron chi connectivity index (χ4n) is 2.83. The molecular weight excluding hydrogens is 206 g/mol. The van der Waals surface area contributed by atoms with Crippen molar-refractivity contribution in [3.63, 3.8) is 0 Å². The Morgan fingerprint density at radius 2 is 2.06 bits per heavy atom. The molecule has 1 nitrogen and oxygen atoms in total. The van der Waals surface area contributed by atoms with Gasteiger partial charge in [0, 0.05) is 24.2 Å². The van der Waals surface area contributed by atoms with Gasteiger partial charge < -0.3 is 5.32 Å². The van der Waals surface area contributed by atoms with Gasteiger partial charge in [-0.1, -0.05) is 48.6 Å². The first-order valence-corrected chi connectivity index (χ1v) is 6.25. The van der Waals surface area contributed by atoms with E-state index in [1.165, 1.54) is 28.8 Å². The predicted molar refractivity (Wildman–Crippen MR) is 72.5 cm³/mol. The molecule has 86 valence electrons. The second-order valence-electron chi connectivity index (χ2n) is 4.63. The van der Waals surface area contributed by atoms with E-state index in [0.717, 1.165) is 6.42 Å². The van der Waals surface area contributed by atoms with Gasteiger partial charge in [-0.3, -0.25) is 0 Å². The number of aryl methyl sites for hydroxylation is 1. The van der Waals surface area contributed by atoms with Crippen molar-refractivity contribution in [2.75, 3.05) is 7.05 Å². The quantitative estimate of drug-likeness (QED) is 0.770. The smallest absolute Gasteiger partial charge is 0.0452 e. The molecule has 0 aromatic heterocycles. The molecular formula is C16H17N. The van der Waals surface area contributed by atoms with E-state index in [4.69, 9.17) is 0 Å². The fraction of sp³-hybridized carbons (Fsp3) is 0.250. The van der Waals surface area contributed by atoms with Crippen molar-refractivity contribution in [3.05, 3.63) is 65.3 Å². The number of allylic oxidation sites excluding steroid dienone is 5. The number of nitrogens with one attached hydrogen (secondary N) is 1. The Bertz CT molecular complexity index is 520. The average molecular weight is 223 g/mol. The van der Waals surface area contributed by atoms with Gasteiger partial charge in [0.05, 0.1) is 0 Å². The van der Waals surface area contributed by atoms with Crippen molar-refractivity contribution >= 4 is 5.70 Å². The molecule has 1 heteroatoms. The van der Waals surface area contributed by atoms with Crippen LogP contribution in [0.1, 0.15) is 17.5 Å². The summed E-state index contributed by atoms with van der Waals surface area (Å²) in [6, 6.07) is 8.73. The minimum Gasteiger partial charge on any atom is -0.387 e. The van der Waals surface area contributed by atoms with Crippen LogP contribution in [0.25, 0.3) is 5.70 Å². The summed E-state index contributed by atoms with van der Waals surface area (Å²) in [5.74, 6) is 0.565. The summed E-state index contributed by atoms with van der Waals surface area (Å²) in [5.41, 5.74) is 5.55. The molecule has 0 saturated heterocycles. The zero-order chi connectivity index (χ0) is 11.7. The third-order valence-electron chi connectivity index (χ3n) is 3.68. The molecule has 1 unspecified atom stereocenters. The molecule has 1 N–H and O–H groups in total. The van der Waals surface area contributed by atoms with Crippen LogP contribution in [0.5, 0.6) is 0 Å². The van der Waals surface area contributed by atoms with Crippen molar-refractivity contribution in [3.8, 4) is 0 Å². The minimum atomic E-state index is 0.565. The van der Waals surface area contributed by atoms with Gasteiger partial charge in [0.1, 0.15) is 0 Å². The van der Waals surface area contributed by atoms with E-state index in [1.807, 2.05) is 7.05 Å². The van der Waals surface area contributed by atoms with E-state index in [9.17, 15) is 0 Å². The largest absolute Gasteiger partial charge is 0.387 e. The lowest BCUT2D eigenvalue weighted by Gasteiger charge is -2.18. The number of hydrogen-bond acceptors (Lipinski definition) is 1. The molecule has 3 rings (SSSR count). The van der Waals surface area contributed by atoms with Gasteiger partial charge in [-0.15, -0.1) is 0 Å². The Hall–Kier alpha value is -1.76. The molecule has 1 atom stereocenters. The molecule has 0 fully saturated rings. The molecule has 2 aliphatic carbocycles. The third kappa shape index (κ3) is 1.72. The highest BCUT2D eigenvalue weighted by molar-refractivity contribution is 5.73. The van der Waals surface area contributed by atoms with Crippen LogP contribution in [0.4, 0.5) is 0 Å². The van der Waals surface area contributed by atoms with E-state index in [2.05, 4.69) is 53.9 Å². The summed E-state index contributed by atoms with van der Waals surface area (Å²) in [6.07, 6.45) is 11.2. The van der Waals surface area contributed by atoms with Crippen LogP contribution in [0.2, 0.25) is 0 Å². The molecule has 0 spiro atoms. The molecule has 2 aliphatic rings. The van der Waals surface area contributed by atoms with E-state index in [-0.39, 0.29) is 0 Å². The lowest BCUT2D eigenvalue weighted by atomic mass is 9.90. The van der Waals surface area contributed by atoms with Crippen LogP contribution in [-0.4, -0.2) is 7.05 Å². The average Bonchev–Trinajstić information content (AvgIpc) is 2.55. The zero-order valence-corrected chi connectivity index (χ0v) is 10.1. The summed E-state index contributed by atoms with van der Waals surface area (Å²) >= 11 is 0.